The molecule has 0 amide bonds. The van der Waals surface area contributed by atoms with Crippen LogP contribution in [0.3, 0.4) is 0 Å². The lowest BCUT2D eigenvalue weighted by Gasteiger charge is -2.10. The summed E-state index contributed by atoms with van der Waals surface area (Å²) in [5.74, 6) is 0. The van der Waals surface area contributed by atoms with Crippen LogP contribution in [0.25, 0.3) is 10.9 Å². The summed E-state index contributed by atoms with van der Waals surface area (Å²) in [7, 11) is 0. The minimum absolute atomic E-state index is 0.591. The van der Waals surface area contributed by atoms with Gasteiger partial charge in [0.05, 0.1) is 11.6 Å². The van der Waals surface area contributed by atoms with E-state index >= 15 is 0 Å². The van der Waals surface area contributed by atoms with Crippen molar-refractivity contribution in [1.29, 1.82) is 5.26 Å². The van der Waals surface area contributed by atoms with Crippen molar-refractivity contribution < 1.29 is 0 Å². The lowest BCUT2D eigenvalue weighted by molar-refractivity contribution is 0.805. The van der Waals surface area contributed by atoms with E-state index in [0.29, 0.717) is 17.1 Å². The summed E-state index contributed by atoms with van der Waals surface area (Å²) >= 11 is 6.26. The number of aryl methyl sites for hydroxylation is 1. The van der Waals surface area contributed by atoms with Crippen LogP contribution >= 0.6 is 11.6 Å². The van der Waals surface area contributed by atoms with Crippen molar-refractivity contribution in [3.05, 3.63) is 70.4 Å². The second-order valence-electron chi connectivity index (χ2n) is 4.85. The van der Waals surface area contributed by atoms with E-state index in [1.54, 1.807) is 6.07 Å². The molecule has 0 atom stereocenters. The lowest BCUT2D eigenvalue weighted by atomic mass is 10.1. The first kappa shape index (κ1) is 12.8. The Balaban J connectivity index is 2.06. The van der Waals surface area contributed by atoms with Crippen molar-refractivity contribution in [1.82, 2.24) is 4.57 Å². The van der Waals surface area contributed by atoms with Crippen LogP contribution in [0.5, 0.6) is 0 Å². The third kappa shape index (κ3) is 2.17. The summed E-state index contributed by atoms with van der Waals surface area (Å²) in [5.41, 5.74) is 4.01. The van der Waals surface area contributed by atoms with Crippen LogP contribution < -0.4 is 0 Å². The summed E-state index contributed by atoms with van der Waals surface area (Å²) in [6.45, 7) is 2.81. The van der Waals surface area contributed by atoms with Gasteiger partial charge in [0, 0.05) is 22.8 Å². The average Bonchev–Trinajstić information content (AvgIpc) is 2.77. The van der Waals surface area contributed by atoms with Crippen LogP contribution in [-0.4, -0.2) is 4.57 Å². The van der Waals surface area contributed by atoms with Gasteiger partial charge in [-0.25, -0.2) is 0 Å². The minimum atomic E-state index is 0.591. The van der Waals surface area contributed by atoms with Crippen LogP contribution in [0.2, 0.25) is 5.02 Å². The molecule has 0 fully saturated rings. The number of fused-ring (bicyclic) bond motifs is 1. The van der Waals surface area contributed by atoms with Crippen molar-refractivity contribution >= 4 is 22.5 Å². The number of halogens is 1. The second-order valence-corrected chi connectivity index (χ2v) is 5.26. The molecular weight excluding hydrogens is 268 g/mol. The van der Waals surface area contributed by atoms with Crippen molar-refractivity contribution in [2.45, 2.75) is 13.5 Å². The molecule has 20 heavy (non-hydrogen) atoms. The van der Waals surface area contributed by atoms with Crippen LogP contribution in [0, 0.1) is 18.3 Å². The molecule has 0 unspecified atom stereocenters. The maximum Gasteiger partial charge on any atom is 0.0992 e. The van der Waals surface area contributed by atoms with E-state index in [-0.39, 0.29) is 0 Å². The van der Waals surface area contributed by atoms with Crippen LogP contribution in [0.15, 0.2) is 48.5 Å². The molecular formula is C17H13ClN2. The summed E-state index contributed by atoms with van der Waals surface area (Å²) < 4.78 is 2.24. The molecule has 3 heteroatoms. The van der Waals surface area contributed by atoms with Crippen LogP contribution in [0.1, 0.15) is 16.8 Å². The van der Waals surface area contributed by atoms with Gasteiger partial charge in [0.25, 0.3) is 0 Å². The molecule has 1 heterocycles. The number of hydrogen-bond donors (Lipinski definition) is 0. The molecule has 2 nitrogen and oxygen atoms in total. The van der Waals surface area contributed by atoms with Gasteiger partial charge in [-0.1, -0.05) is 35.9 Å². The Bertz CT molecular complexity index is 825. The molecule has 0 aliphatic rings. The first-order chi connectivity index (χ1) is 9.69. The first-order valence-corrected chi connectivity index (χ1v) is 6.80. The highest BCUT2D eigenvalue weighted by atomic mass is 35.5. The van der Waals surface area contributed by atoms with E-state index in [2.05, 4.69) is 35.8 Å². The molecule has 0 N–H and O–H groups in total. The third-order valence-electron chi connectivity index (χ3n) is 3.53. The Morgan fingerprint density at radius 3 is 2.70 bits per heavy atom. The molecule has 98 valence electrons. The monoisotopic (exact) mass is 280 g/mol. The quantitative estimate of drug-likeness (QED) is 0.678. The zero-order valence-corrected chi connectivity index (χ0v) is 11.9. The van der Waals surface area contributed by atoms with Gasteiger partial charge in [0.15, 0.2) is 0 Å². The zero-order chi connectivity index (χ0) is 14.1. The second kappa shape index (κ2) is 5.03. The van der Waals surface area contributed by atoms with Gasteiger partial charge in [-0.2, -0.15) is 5.26 Å². The average molecular weight is 281 g/mol. The predicted molar refractivity (Wildman–Crippen MR) is 81.9 cm³/mol. The van der Waals surface area contributed by atoms with Gasteiger partial charge in [-0.3, -0.25) is 0 Å². The van der Waals surface area contributed by atoms with E-state index < -0.39 is 0 Å². The highest BCUT2D eigenvalue weighted by molar-refractivity contribution is 6.31. The number of nitrogens with zero attached hydrogens (tertiary/aromatic N) is 2. The highest BCUT2D eigenvalue weighted by Gasteiger charge is 2.08. The fourth-order valence-corrected chi connectivity index (χ4v) is 2.71. The summed E-state index contributed by atoms with van der Waals surface area (Å²) in [6.07, 6.45) is 0. The number of benzene rings is 2. The fourth-order valence-electron chi connectivity index (χ4n) is 2.47. The van der Waals surface area contributed by atoms with Crippen LogP contribution in [0.4, 0.5) is 0 Å². The summed E-state index contributed by atoms with van der Waals surface area (Å²) in [4.78, 5) is 0. The van der Waals surface area contributed by atoms with Gasteiger partial charge >= 0.3 is 0 Å². The summed E-state index contributed by atoms with van der Waals surface area (Å²) in [5, 5.41) is 10.8. The molecule has 3 aromatic rings. The van der Waals surface area contributed by atoms with Gasteiger partial charge in [-0.15, -0.1) is 0 Å². The Kier molecular flexibility index (Phi) is 3.22. The minimum Gasteiger partial charge on any atom is -0.340 e. The maximum atomic E-state index is 8.88. The van der Waals surface area contributed by atoms with Gasteiger partial charge in [-0.05, 0) is 42.1 Å². The highest BCUT2D eigenvalue weighted by Crippen LogP contribution is 2.24. The molecule has 0 aliphatic carbocycles. The third-order valence-corrected chi connectivity index (χ3v) is 3.88. The van der Waals surface area contributed by atoms with E-state index in [1.165, 1.54) is 16.6 Å². The zero-order valence-electron chi connectivity index (χ0n) is 11.1. The Hall–Kier alpha value is -2.24. The SMILES string of the molecule is Cc1cc2ccccc2n1Cc1ccc(C#N)cc1Cl. The first-order valence-electron chi connectivity index (χ1n) is 6.42. The molecule has 0 spiro atoms. The molecule has 0 radical (unpaired) electrons. The van der Waals surface area contributed by atoms with E-state index in [1.807, 2.05) is 24.3 Å². The molecule has 0 saturated carbocycles. The molecule has 2 aromatic carbocycles. The predicted octanol–water partition coefficient (Wildman–Crippen LogP) is 4.52. The standard InChI is InChI=1S/C17H13ClN2/c1-12-8-14-4-2-3-5-17(14)20(12)11-15-7-6-13(10-19)9-16(15)18/h2-9H,11H2,1H3. The van der Waals surface area contributed by atoms with E-state index in [4.69, 9.17) is 16.9 Å². The molecule has 0 aliphatic heterocycles. The van der Waals surface area contributed by atoms with Gasteiger partial charge < -0.3 is 4.57 Å². The molecule has 3 rings (SSSR count). The normalized spacial score (nSPS) is 10.7. The van der Waals surface area contributed by atoms with Gasteiger partial charge in [0.1, 0.15) is 0 Å². The molecule has 0 saturated heterocycles. The van der Waals surface area contributed by atoms with E-state index in [9.17, 15) is 0 Å². The van der Waals surface area contributed by atoms with Crippen LogP contribution in [-0.2, 0) is 6.54 Å². The smallest absolute Gasteiger partial charge is 0.0992 e. The lowest BCUT2D eigenvalue weighted by Crippen LogP contribution is -2.02. The largest absolute Gasteiger partial charge is 0.340 e. The number of nitriles is 1. The van der Waals surface area contributed by atoms with Crippen molar-refractivity contribution in [3.63, 3.8) is 0 Å². The van der Waals surface area contributed by atoms with E-state index in [0.717, 1.165) is 5.56 Å². The fraction of sp³-hybridized carbons (Fsp3) is 0.118. The van der Waals surface area contributed by atoms with Gasteiger partial charge in [0.2, 0.25) is 0 Å². The number of hydrogen-bond acceptors (Lipinski definition) is 1. The van der Waals surface area contributed by atoms with Crippen molar-refractivity contribution in [2.24, 2.45) is 0 Å². The Morgan fingerprint density at radius 1 is 1.15 bits per heavy atom. The number of para-hydroxylation sites is 1. The Labute approximate surface area is 122 Å². The Morgan fingerprint density at radius 2 is 1.95 bits per heavy atom. The number of aromatic nitrogens is 1. The maximum absolute atomic E-state index is 8.88. The van der Waals surface area contributed by atoms with Crippen molar-refractivity contribution in [2.75, 3.05) is 0 Å². The molecule has 0 bridgehead atoms. The number of rotatable bonds is 2. The topological polar surface area (TPSA) is 28.7 Å². The van der Waals surface area contributed by atoms with Crippen molar-refractivity contribution in [3.8, 4) is 6.07 Å². The molecule has 1 aromatic heterocycles. The summed E-state index contributed by atoms with van der Waals surface area (Å²) in [6, 6.07) is 18.0.